The number of aromatic nitrogens is 2. The number of aliphatic hydroxyl groups excluding tert-OH is 1. The van der Waals surface area contributed by atoms with Crippen molar-refractivity contribution in [2.75, 3.05) is 4.72 Å². The molecule has 0 unspecified atom stereocenters. The fraction of sp³-hybridized carbons (Fsp3) is 0.308. The number of nitrogens with zero attached hydrogens (tertiary/aromatic N) is 2. The van der Waals surface area contributed by atoms with Crippen LogP contribution in [0.15, 0.2) is 35.6 Å². The van der Waals surface area contributed by atoms with Crippen molar-refractivity contribution in [2.45, 2.75) is 31.9 Å². The molecule has 0 radical (unpaired) electrons. The van der Waals surface area contributed by atoms with Crippen molar-refractivity contribution in [1.82, 2.24) is 9.55 Å². The average molecular weight is 295 g/mol. The first-order valence-electron chi connectivity index (χ1n) is 6.21. The minimum Gasteiger partial charge on any atom is -0.390 e. The summed E-state index contributed by atoms with van der Waals surface area (Å²) in [5, 5.41) is 9.22. The molecular weight excluding hydrogens is 278 g/mol. The quantitative estimate of drug-likeness (QED) is 0.875. The van der Waals surface area contributed by atoms with E-state index in [0.29, 0.717) is 17.9 Å². The maximum Gasteiger partial charge on any atom is 0.263 e. The molecule has 0 aliphatic carbocycles. The molecule has 2 rings (SSSR count). The zero-order chi connectivity index (χ0) is 14.8. The van der Waals surface area contributed by atoms with Gasteiger partial charge in [-0.25, -0.2) is 8.42 Å². The molecule has 0 bridgehead atoms. The van der Waals surface area contributed by atoms with Gasteiger partial charge in [0.15, 0.2) is 0 Å². The number of hydrogen-bond donors (Lipinski definition) is 2. The van der Waals surface area contributed by atoms with Gasteiger partial charge in [0, 0.05) is 30.8 Å². The van der Waals surface area contributed by atoms with Crippen LogP contribution in [0.2, 0.25) is 0 Å². The standard InChI is InChI=1S/C13H17N3O3S/c1-3-16-8-12(6-11(16)9-17)20(18,19)15-13-4-5-14-7-10(13)2/h4-8,17H,3,9H2,1-2H3,(H,14,15). The van der Waals surface area contributed by atoms with Crippen molar-refractivity contribution >= 4 is 15.7 Å². The normalized spacial score (nSPS) is 11.6. The van der Waals surface area contributed by atoms with Crippen LogP contribution in [0.4, 0.5) is 5.69 Å². The molecule has 0 fully saturated rings. The van der Waals surface area contributed by atoms with Crippen LogP contribution in [-0.4, -0.2) is 23.1 Å². The van der Waals surface area contributed by atoms with E-state index in [0.717, 1.165) is 5.56 Å². The number of nitrogens with one attached hydrogen (secondary N) is 1. The van der Waals surface area contributed by atoms with Gasteiger partial charge in [0.25, 0.3) is 10.0 Å². The van der Waals surface area contributed by atoms with Crippen LogP contribution in [0.25, 0.3) is 0 Å². The van der Waals surface area contributed by atoms with E-state index in [-0.39, 0.29) is 11.5 Å². The Balaban J connectivity index is 2.36. The fourth-order valence-electron chi connectivity index (χ4n) is 1.89. The summed E-state index contributed by atoms with van der Waals surface area (Å²) in [6.45, 7) is 4.06. The van der Waals surface area contributed by atoms with Gasteiger partial charge in [0.2, 0.25) is 0 Å². The summed E-state index contributed by atoms with van der Waals surface area (Å²) in [7, 11) is -3.67. The van der Waals surface area contributed by atoms with Crippen LogP contribution in [-0.2, 0) is 23.2 Å². The van der Waals surface area contributed by atoms with E-state index >= 15 is 0 Å². The van der Waals surface area contributed by atoms with Crippen LogP contribution in [0.5, 0.6) is 0 Å². The van der Waals surface area contributed by atoms with Crippen LogP contribution in [0.3, 0.4) is 0 Å². The Kier molecular flexibility index (Phi) is 4.10. The lowest BCUT2D eigenvalue weighted by atomic mass is 10.3. The lowest BCUT2D eigenvalue weighted by Gasteiger charge is -2.08. The van der Waals surface area contributed by atoms with Crippen molar-refractivity contribution in [3.63, 3.8) is 0 Å². The maximum atomic E-state index is 12.3. The molecule has 2 aromatic rings. The molecule has 0 aliphatic heterocycles. The van der Waals surface area contributed by atoms with Gasteiger partial charge in [-0.05, 0) is 31.5 Å². The van der Waals surface area contributed by atoms with E-state index in [1.165, 1.54) is 18.5 Å². The molecule has 20 heavy (non-hydrogen) atoms. The number of rotatable bonds is 5. The zero-order valence-electron chi connectivity index (χ0n) is 11.4. The summed E-state index contributed by atoms with van der Waals surface area (Å²) in [4.78, 5) is 4.06. The first kappa shape index (κ1) is 14.5. The van der Waals surface area contributed by atoms with Gasteiger partial charge in [-0.3, -0.25) is 9.71 Å². The molecule has 0 aromatic carbocycles. The minimum atomic E-state index is -3.67. The molecule has 0 saturated carbocycles. The van der Waals surface area contributed by atoms with Gasteiger partial charge in [-0.1, -0.05) is 0 Å². The van der Waals surface area contributed by atoms with E-state index in [2.05, 4.69) is 9.71 Å². The first-order valence-corrected chi connectivity index (χ1v) is 7.69. The topological polar surface area (TPSA) is 84.2 Å². The van der Waals surface area contributed by atoms with Gasteiger partial charge < -0.3 is 9.67 Å². The van der Waals surface area contributed by atoms with Crippen LogP contribution in [0, 0.1) is 6.92 Å². The second-order valence-corrected chi connectivity index (χ2v) is 6.09. The molecule has 0 spiro atoms. The van der Waals surface area contributed by atoms with Crippen LogP contribution >= 0.6 is 0 Å². The van der Waals surface area contributed by atoms with Gasteiger partial charge in [0.05, 0.1) is 12.3 Å². The maximum absolute atomic E-state index is 12.3. The van der Waals surface area contributed by atoms with E-state index in [9.17, 15) is 13.5 Å². The summed E-state index contributed by atoms with van der Waals surface area (Å²) < 4.78 is 28.9. The Morgan fingerprint density at radius 3 is 2.75 bits per heavy atom. The van der Waals surface area contributed by atoms with Crippen LogP contribution < -0.4 is 4.72 Å². The Labute approximate surface area is 118 Å². The summed E-state index contributed by atoms with van der Waals surface area (Å²) in [6, 6.07) is 3.08. The number of hydrogen-bond acceptors (Lipinski definition) is 4. The molecule has 0 aliphatic rings. The number of aryl methyl sites for hydroxylation is 2. The smallest absolute Gasteiger partial charge is 0.263 e. The fourth-order valence-corrected chi connectivity index (χ4v) is 3.08. The highest BCUT2D eigenvalue weighted by Crippen LogP contribution is 2.20. The van der Waals surface area contributed by atoms with Crippen molar-refractivity contribution < 1.29 is 13.5 Å². The molecule has 2 heterocycles. The number of anilines is 1. The summed E-state index contributed by atoms with van der Waals surface area (Å²) in [6.07, 6.45) is 4.64. The van der Waals surface area contributed by atoms with Gasteiger partial charge >= 0.3 is 0 Å². The number of sulfonamides is 1. The van der Waals surface area contributed by atoms with Crippen molar-refractivity contribution in [3.05, 3.63) is 42.0 Å². The number of aliphatic hydroxyl groups is 1. The van der Waals surface area contributed by atoms with Gasteiger partial charge in [-0.2, -0.15) is 0 Å². The Bertz CT molecular complexity index is 686. The number of pyridine rings is 1. The third-order valence-electron chi connectivity index (χ3n) is 3.04. The van der Waals surface area contributed by atoms with Crippen molar-refractivity contribution in [2.24, 2.45) is 0 Å². The highest BCUT2D eigenvalue weighted by molar-refractivity contribution is 7.92. The SMILES string of the molecule is CCn1cc(S(=O)(=O)Nc2ccncc2C)cc1CO. The molecule has 7 heteroatoms. The molecule has 2 N–H and O–H groups in total. The van der Waals surface area contributed by atoms with E-state index in [1.54, 1.807) is 23.8 Å². The van der Waals surface area contributed by atoms with Crippen LogP contribution in [0.1, 0.15) is 18.2 Å². The second kappa shape index (κ2) is 5.64. The Hall–Kier alpha value is -1.86. The molecule has 2 aromatic heterocycles. The second-order valence-electron chi connectivity index (χ2n) is 4.41. The van der Waals surface area contributed by atoms with Gasteiger partial charge in [0.1, 0.15) is 4.90 Å². The largest absolute Gasteiger partial charge is 0.390 e. The van der Waals surface area contributed by atoms with E-state index < -0.39 is 10.0 Å². The monoisotopic (exact) mass is 295 g/mol. The highest BCUT2D eigenvalue weighted by Gasteiger charge is 2.18. The Morgan fingerprint density at radius 2 is 2.20 bits per heavy atom. The van der Waals surface area contributed by atoms with Crippen molar-refractivity contribution in [1.29, 1.82) is 0 Å². The summed E-state index contributed by atoms with van der Waals surface area (Å²) in [5.41, 5.74) is 1.81. The van der Waals surface area contributed by atoms with Gasteiger partial charge in [-0.15, -0.1) is 0 Å². The zero-order valence-corrected chi connectivity index (χ0v) is 12.2. The lowest BCUT2D eigenvalue weighted by molar-refractivity contribution is 0.271. The summed E-state index contributed by atoms with van der Waals surface area (Å²) in [5.74, 6) is 0. The molecule has 6 nitrogen and oxygen atoms in total. The predicted octanol–water partition coefficient (Wildman–Crippen LogP) is 1.50. The van der Waals surface area contributed by atoms with Crippen molar-refractivity contribution in [3.8, 4) is 0 Å². The van der Waals surface area contributed by atoms with E-state index in [1.807, 2.05) is 6.92 Å². The molecule has 0 atom stereocenters. The first-order chi connectivity index (χ1) is 9.47. The third kappa shape index (κ3) is 2.83. The summed E-state index contributed by atoms with van der Waals surface area (Å²) >= 11 is 0. The molecule has 0 saturated heterocycles. The predicted molar refractivity (Wildman–Crippen MR) is 75.8 cm³/mol. The highest BCUT2D eigenvalue weighted by atomic mass is 32.2. The minimum absolute atomic E-state index is 0.139. The van der Waals surface area contributed by atoms with E-state index in [4.69, 9.17) is 0 Å². The third-order valence-corrected chi connectivity index (χ3v) is 4.37. The average Bonchev–Trinajstić information content (AvgIpc) is 2.85. The molecule has 108 valence electrons. The molecule has 0 amide bonds. The molecular formula is C13H17N3O3S. The lowest BCUT2D eigenvalue weighted by Crippen LogP contribution is -2.13. The Morgan fingerprint density at radius 1 is 1.45 bits per heavy atom.